The number of carbonyl (C=O) groups excluding carboxylic acids is 2. The third-order valence-electron chi connectivity index (χ3n) is 5.70. The van der Waals surface area contributed by atoms with Gasteiger partial charge >= 0.3 is 0 Å². The molecule has 37 heavy (non-hydrogen) atoms. The van der Waals surface area contributed by atoms with E-state index < -0.39 is 28.5 Å². The summed E-state index contributed by atoms with van der Waals surface area (Å²) in [6.07, 6.45) is 1.25. The molecule has 3 aromatic rings. The van der Waals surface area contributed by atoms with Crippen molar-refractivity contribution in [1.29, 1.82) is 0 Å². The number of amides is 2. The molecule has 10 heteroatoms. The fraction of sp³-hybridized carbons (Fsp3) is 0.259. The predicted octanol–water partition coefficient (Wildman–Crippen LogP) is 4.54. The monoisotopic (exact) mass is 561 g/mol. The van der Waals surface area contributed by atoms with Crippen molar-refractivity contribution in [2.45, 2.75) is 25.9 Å². The summed E-state index contributed by atoms with van der Waals surface area (Å²) in [5.74, 6) is -0.905. The van der Waals surface area contributed by atoms with Crippen molar-refractivity contribution in [3.8, 4) is 0 Å². The van der Waals surface area contributed by atoms with Crippen LogP contribution in [-0.2, 0) is 32.6 Å². The number of hydrogen-bond donors (Lipinski definition) is 1. The number of halogens is 2. The second kappa shape index (κ2) is 12.9. The van der Waals surface area contributed by atoms with Gasteiger partial charge in [-0.25, -0.2) is 8.42 Å². The van der Waals surface area contributed by atoms with Gasteiger partial charge in [0.1, 0.15) is 12.6 Å². The van der Waals surface area contributed by atoms with Gasteiger partial charge in [0, 0.05) is 29.6 Å². The van der Waals surface area contributed by atoms with Crippen LogP contribution in [0.4, 0.5) is 5.69 Å². The first-order valence-corrected chi connectivity index (χ1v) is 14.3. The van der Waals surface area contributed by atoms with Gasteiger partial charge in [0.25, 0.3) is 0 Å². The van der Waals surface area contributed by atoms with Gasteiger partial charge in [0.05, 0.1) is 11.9 Å². The molecule has 0 fully saturated rings. The average molecular weight is 563 g/mol. The highest BCUT2D eigenvalue weighted by Gasteiger charge is 2.33. The van der Waals surface area contributed by atoms with Crippen LogP contribution in [-0.4, -0.2) is 50.5 Å². The van der Waals surface area contributed by atoms with Crippen LogP contribution >= 0.6 is 23.2 Å². The van der Waals surface area contributed by atoms with Gasteiger partial charge in [-0.3, -0.25) is 13.9 Å². The lowest BCUT2D eigenvalue weighted by molar-refractivity contribution is -0.140. The molecule has 1 N–H and O–H groups in total. The lowest BCUT2D eigenvalue weighted by Crippen LogP contribution is -2.53. The number of nitrogens with zero attached hydrogens (tertiary/aromatic N) is 2. The minimum Gasteiger partial charge on any atom is -0.355 e. The molecule has 0 saturated heterocycles. The van der Waals surface area contributed by atoms with E-state index in [0.717, 1.165) is 16.1 Å². The van der Waals surface area contributed by atoms with E-state index in [1.165, 1.54) is 11.0 Å². The molecular weight excluding hydrogens is 533 g/mol. The van der Waals surface area contributed by atoms with Gasteiger partial charge in [-0.15, -0.1) is 0 Å². The molecule has 0 saturated carbocycles. The van der Waals surface area contributed by atoms with Crippen LogP contribution in [0.1, 0.15) is 18.1 Å². The summed E-state index contributed by atoms with van der Waals surface area (Å²) >= 11 is 12.5. The van der Waals surface area contributed by atoms with E-state index in [2.05, 4.69) is 5.32 Å². The van der Waals surface area contributed by atoms with E-state index in [1.807, 2.05) is 30.3 Å². The quantitative estimate of drug-likeness (QED) is 0.372. The van der Waals surface area contributed by atoms with Crippen LogP contribution in [0.2, 0.25) is 10.0 Å². The summed E-state index contributed by atoms with van der Waals surface area (Å²) in [6, 6.07) is 21.7. The summed E-state index contributed by atoms with van der Waals surface area (Å²) in [5.41, 5.74) is 1.73. The van der Waals surface area contributed by atoms with Crippen molar-refractivity contribution in [1.82, 2.24) is 10.2 Å². The molecule has 0 aliphatic rings. The Morgan fingerprint density at radius 2 is 1.62 bits per heavy atom. The number of rotatable bonds is 11. The molecule has 2 amide bonds. The third kappa shape index (κ3) is 7.95. The molecule has 0 aliphatic heterocycles. The zero-order valence-electron chi connectivity index (χ0n) is 20.6. The van der Waals surface area contributed by atoms with Crippen molar-refractivity contribution in [2.75, 3.05) is 23.7 Å². The highest BCUT2D eigenvalue weighted by molar-refractivity contribution is 7.92. The number of carbonyl (C=O) groups is 2. The molecule has 7 nitrogen and oxygen atoms in total. The minimum atomic E-state index is -3.86. The number of nitrogens with one attached hydrogen (secondary N) is 1. The Labute approximate surface area is 228 Å². The molecule has 0 radical (unpaired) electrons. The van der Waals surface area contributed by atoms with E-state index in [9.17, 15) is 18.0 Å². The van der Waals surface area contributed by atoms with Gasteiger partial charge in [0.15, 0.2) is 0 Å². The van der Waals surface area contributed by atoms with Gasteiger partial charge in [-0.2, -0.15) is 0 Å². The Hall–Kier alpha value is -3.07. The average Bonchev–Trinajstić information content (AvgIpc) is 2.85. The Morgan fingerprint density at radius 1 is 0.946 bits per heavy atom. The first-order valence-electron chi connectivity index (χ1n) is 11.7. The van der Waals surface area contributed by atoms with Crippen LogP contribution in [0.25, 0.3) is 0 Å². The Balaban J connectivity index is 2.05. The van der Waals surface area contributed by atoms with E-state index >= 15 is 0 Å². The molecule has 0 bridgehead atoms. The van der Waals surface area contributed by atoms with Crippen LogP contribution in [0, 0.1) is 0 Å². The summed E-state index contributed by atoms with van der Waals surface area (Å²) in [5, 5.41) is 3.57. The maximum Gasteiger partial charge on any atom is 0.244 e. The van der Waals surface area contributed by atoms with Gasteiger partial charge in [-0.1, -0.05) is 77.8 Å². The third-order valence-corrected chi connectivity index (χ3v) is 7.44. The highest BCUT2D eigenvalue weighted by Crippen LogP contribution is 2.24. The summed E-state index contributed by atoms with van der Waals surface area (Å²) in [6.45, 7) is 1.66. The molecule has 0 heterocycles. The summed E-state index contributed by atoms with van der Waals surface area (Å²) in [7, 11) is -3.86. The standard InChI is InChI=1S/C27H29Cl2N3O4S/c1-3-30-27(34)25(16-20-10-5-4-6-11-20)31(18-21-12-7-8-15-24(21)29)26(33)19-32(37(2,35)36)23-14-9-13-22(28)17-23/h4-15,17,25H,3,16,18-19H2,1-2H3,(H,30,34). The number of sulfonamides is 1. The summed E-state index contributed by atoms with van der Waals surface area (Å²) in [4.78, 5) is 28.5. The zero-order valence-corrected chi connectivity index (χ0v) is 22.9. The van der Waals surface area contributed by atoms with E-state index in [0.29, 0.717) is 22.2 Å². The summed E-state index contributed by atoms with van der Waals surface area (Å²) < 4.78 is 26.4. The largest absolute Gasteiger partial charge is 0.355 e. The van der Waals surface area contributed by atoms with Crippen LogP contribution < -0.4 is 9.62 Å². The van der Waals surface area contributed by atoms with Crippen LogP contribution in [0.3, 0.4) is 0 Å². The molecule has 0 aromatic heterocycles. The number of benzene rings is 3. The van der Waals surface area contributed by atoms with Crippen LogP contribution in [0.15, 0.2) is 78.9 Å². The molecule has 3 rings (SSSR count). The van der Waals surface area contributed by atoms with Crippen LogP contribution in [0.5, 0.6) is 0 Å². The SMILES string of the molecule is CCNC(=O)C(Cc1ccccc1)N(Cc1ccccc1Cl)C(=O)CN(c1cccc(Cl)c1)S(C)(=O)=O. The second-order valence-electron chi connectivity index (χ2n) is 8.46. The maximum atomic E-state index is 13.9. The topological polar surface area (TPSA) is 86.8 Å². The van der Waals surface area contributed by atoms with Crippen molar-refractivity contribution >= 4 is 50.7 Å². The van der Waals surface area contributed by atoms with Gasteiger partial charge in [0.2, 0.25) is 21.8 Å². The van der Waals surface area contributed by atoms with Crippen molar-refractivity contribution in [3.63, 3.8) is 0 Å². The number of hydrogen-bond acceptors (Lipinski definition) is 4. The van der Waals surface area contributed by atoms with Crippen molar-refractivity contribution in [3.05, 3.63) is 100 Å². The van der Waals surface area contributed by atoms with Gasteiger partial charge < -0.3 is 10.2 Å². The van der Waals surface area contributed by atoms with E-state index in [-0.39, 0.29) is 24.6 Å². The lowest BCUT2D eigenvalue weighted by atomic mass is 10.0. The molecule has 196 valence electrons. The Kier molecular flexibility index (Phi) is 9.97. The molecule has 1 unspecified atom stereocenters. The number of anilines is 1. The molecular formula is C27H29Cl2N3O4S. The first kappa shape index (κ1) is 28.5. The zero-order chi connectivity index (χ0) is 27.0. The Morgan fingerprint density at radius 3 is 2.24 bits per heavy atom. The highest BCUT2D eigenvalue weighted by atomic mass is 35.5. The fourth-order valence-corrected chi connectivity index (χ4v) is 5.12. The smallest absolute Gasteiger partial charge is 0.244 e. The van der Waals surface area contributed by atoms with Gasteiger partial charge in [-0.05, 0) is 42.3 Å². The molecule has 0 spiro atoms. The molecule has 0 aliphatic carbocycles. The predicted molar refractivity (Wildman–Crippen MR) is 148 cm³/mol. The molecule has 1 atom stereocenters. The number of likely N-dealkylation sites (N-methyl/N-ethyl adjacent to an activating group) is 1. The Bertz CT molecular complexity index is 1340. The van der Waals surface area contributed by atoms with E-state index in [4.69, 9.17) is 23.2 Å². The molecule has 3 aromatic carbocycles. The van der Waals surface area contributed by atoms with Crippen molar-refractivity contribution < 1.29 is 18.0 Å². The fourth-order valence-electron chi connectivity index (χ4n) is 3.90. The first-order chi connectivity index (χ1) is 17.6. The van der Waals surface area contributed by atoms with Crippen molar-refractivity contribution in [2.24, 2.45) is 0 Å². The van der Waals surface area contributed by atoms with E-state index in [1.54, 1.807) is 49.4 Å². The second-order valence-corrected chi connectivity index (χ2v) is 11.2. The minimum absolute atomic E-state index is 0.0142. The lowest BCUT2D eigenvalue weighted by Gasteiger charge is -2.33. The maximum absolute atomic E-state index is 13.9. The normalized spacial score (nSPS) is 12.0.